The Morgan fingerprint density at radius 2 is 1.65 bits per heavy atom. The molecule has 156 valence electrons. The second-order valence-corrected chi connectivity index (χ2v) is 6.93. The monoisotopic (exact) mass is 414 g/mol. The summed E-state index contributed by atoms with van der Waals surface area (Å²) in [5.41, 5.74) is 6.53. The van der Waals surface area contributed by atoms with Gasteiger partial charge in [0.15, 0.2) is 0 Å². The van der Waals surface area contributed by atoms with Crippen LogP contribution in [0.25, 0.3) is 11.0 Å². The maximum absolute atomic E-state index is 13.2. The van der Waals surface area contributed by atoms with E-state index in [1.807, 2.05) is 54.6 Å². The number of nitrogens with zero attached hydrogens (tertiary/aromatic N) is 4. The summed E-state index contributed by atoms with van der Waals surface area (Å²) in [5.74, 6) is -0.0651. The SMILES string of the molecule is CCC(=O)Nc1ccc(N(Cc2ccccc2)C(=O)Nn2nnc3ccccc32)cc1. The molecule has 0 spiro atoms. The van der Waals surface area contributed by atoms with Crippen LogP contribution >= 0.6 is 0 Å². The van der Waals surface area contributed by atoms with E-state index in [-0.39, 0.29) is 11.9 Å². The molecule has 4 aromatic rings. The molecule has 0 unspecified atom stereocenters. The molecule has 3 amide bonds. The molecular weight excluding hydrogens is 392 g/mol. The van der Waals surface area contributed by atoms with Crippen LogP contribution < -0.4 is 15.6 Å². The van der Waals surface area contributed by atoms with Crippen LogP contribution in [0.3, 0.4) is 0 Å². The smallest absolute Gasteiger partial charge is 0.326 e. The van der Waals surface area contributed by atoms with Crippen molar-refractivity contribution in [2.45, 2.75) is 19.9 Å². The van der Waals surface area contributed by atoms with Crippen LogP contribution in [0.15, 0.2) is 78.9 Å². The van der Waals surface area contributed by atoms with Gasteiger partial charge in [-0.1, -0.05) is 49.4 Å². The number of para-hydroxylation sites is 1. The Bertz CT molecular complexity index is 1190. The molecule has 0 saturated heterocycles. The zero-order chi connectivity index (χ0) is 21.6. The number of benzene rings is 3. The fourth-order valence-corrected chi connectivity index (χ4v) is 3.12. The van der Waals surface area contributed by atoms with Gasteiger partial charge in [-0.05, 0) is 47.2 Å². The maximum atomic E-state index is 13.2. The first kappa shape index (κ1) is 20.1. The molecule has 31 heavy (non-hydrogen) atoms. The number of amides is 3. The first-order valence-electron chi connectivity index (χ1n) is 9.97. The van der Waals surface area contributed by atoms with E-state index in [1.165, 1.54) is 4.79 Å². The van der Waals surface area contributed by atoms with E-state index in [9.17, 15) is 9.59 Å². The zero-order valence-corrected chi connectivity index (χ0v) is 17.0. The lowest BCUT2D eigenvalue weighted by atomic mass is 10.2. The standard InChI is InChI=1S/C23H22N6O2/c1-2-22(30)24-18-12-14-19(15-13-18)28(16-17-8-4-3-5-9-17)23(31)26-29-21-11-7-6-10-20(21)25-27-29/h3-15H,2,16H2,1H3,(H,24,30)(H,26,31). The molecule has 8 heteroatoms. The van der Waals surface area contributed by atoms with E-state index in [0.29, 0.717) is 35.4 Å². The summed E-state index contributed by atoms with van der Waals surface area (Å²) in [7, 11) is 0. The summed E-state index contributed by atoms with van der Waals surface area (Å²) in [6, 6.07) is 23.9. The quantitative estimate of drug-likeness (QED) is 0.496. The molecule has 0 bridgehead atoms. The second kappa shape index (κ2) is 9.08. The van der Waals surface area contributed by atoms with Crippen LogP contribution in [0.2, 0.25) is 0 Å². The average molecular weight is 414 g/mol. The highest BCUT2D eigenvalue weighted by molar-refractivity contribution is 5.98. The van der Waals surface area contributed by atoms with Crippen LogP contribution in [0.4, 0.5) is 16.2 Å². The molecule has 0 radical (unpaired) electrons. The minimum atomic E-state index is -0.357. The molecule has 0 aliphatic rings. The molecule has 0 saturated carbocycles. The topological polar surface area (TPSA) is 92.2 Å². The van der Waals surface area contributed by atoms with Gasteiger partial charge >= 0.3 is 6.03 Å². The third-order valence-corrected chi connectivity index (χ3v) is 4.77. The highest BCUT2D eigenvalue weighted by Crippen LogP contribution is 2.21. The third-order valence-electron chi connectivity index (χ3n) is 4.77. The Morgan fingerprint density at radius 3 is 2.39 bits per heavy atom. The van der Waals surface area contributed by atoms with Gasteiger partial charge < -0.3 is 5.32 Å². The minimum absolute atomic E-state index is 0.0651. The molecule has 8 nitrogen and oxygen atoms in total. The Morgan fingerprint density at radius 1 is 0.935 bits per heavy atom. The van der Waals surface area contributed by atoms with Gasteiger partial charge in [0.25, 0.3) is 0 Å². The number of hydrogen-bond donors (Lipinski definition) is 2. The molecule has 2 N–H and O–H groups in total. The lowest BCUT2D eigenvalue weighted by Gasteiger charge is -2.23. The van der Waals surface area contributed by atoms with Crippen LogP contribution in [0.5, 0.6) is 0 Å². The first-order valence-corrected chi connectivity index (χ1v) is 9.97. The summed E-state index contributed by atoms with van der Waals surface area (Å²) in [5, 5.41) is 10.9. The van der Waals surface area contributed by atoms with E-state index in [0.717, 1.165) is 5.56 Å². The fourth-order valence-electron chi connectivity index (χ4n) is 3.12. The number of urea groups is 1. The van der Waals surface area contributed by atoms with Crippen molar-refractivity contribution in [3.05, 3.63) is 84.4 Å². The number of fused-ring (bicyclic) bond motifs is 1. The number of anilines is 2. The summed E-state index contributed by atoms with van der Waals surface area (Å²) in [4.78, 5) is 27.8. The largest absolute Gasteiger partial charge is 0.342 e. The van der Waals surface area contributed by atoms with Gasteiger partial charge in [0.1, 0.15) is 11.0 Å². The van der Waals surface area contributed by atoms with Gasteiger partial charge in [0.2, 0.25) is 5.91 Å². The molecule has 4 rings (SSSR count). The zero-order valence-electron chi connectivity index (χ0n) is 17.0. The van der Waals surface area contributed by atoms with Crippen molar-refractivity contribution in [3.63, 3.8) is 0 Å². The average Bonchev–Trinajstić information content (AvgIpc) is 3.21. The van der Waals surface area contributed by atoms with Crippen LogP contribution in [0.1, 0.15) is 18.9 Å². The van der Waals surface area contributed by atoms with Crippen molar-refractivity contribution in [1.29, 1.82) is 0 Å². The predicted octanol–water partition coefficient (Wildman–Crippen LogP) is 4.15. The molecule has 0 aliphatic carbocycles. The summed E-state index contributed by atoms with van der Waals surface area (Å²) < 4.78 is 0. The summed E-state index contributed by atoms with van der Waals surface area (Å²) >= 11 is 0. The van der Waals surface area contributed by atoms with Crippen LogP contribution in [0, 0.1) is 0 Å². The van der Waals surface area contributed by atoms with Crippen molar-refractivity contribution < 1.29 is 9.59 Å². The van der Waals surface area contributed by atoms with Crippen LogP contribution in [-0.2, 0) is 11.3 Å². The normalized spacial score (nSPS) is 10.6. The first-order chi connectivity index (χ1) is 15.1. The number of rotatable bonds is 6. The molecule has 0 fully saturated rings. The number of carbonyl (C=O) groups excluding carboxylic acids is 2. The highest BCUT2D eigenvalue weighted by atomic mass is 16.2. The van der Waals surface area contributed by atoms with E-state index in [1.54, 1.807) is 36.1 Å². The summed E-state index contributed by atoms with van der Waals surface area (Å²) in [6.07, 6.45) is 0.399. The predicted molar refractivity (Wildman–Crippen MR) is 120 cm³/mol. The third kappa shape index (κ3) is 4.69. The Labute approximate surface area is 179 Å². The van der Waals surface area contributed by atoms with E-state index < -0.39 is 0 Å². The second-order valence-electron chi connectivity index (χ2n) is 6.93. The van der Waals surface area contributed by atoms with Crippen molar-refractivity contribution in [1.82, 2.24) is 15.1 Å². The van der Waals surface area contributed by atoms with E-state index >= 15 is 0 Å². The lowest BCUT2D eigenvalue weighted by Crippen LogP contribution is -2.38. The Balaban J connectivity index is 1.60. The minimum Gasteiger partial charge on any atom is -0.326 e. The van der Waals surface area contributed by atoms with Crippen molar-refractivity contribution in [2.24, 2.45) is 0 Å². The fraction of sp³-hybridized carbons (Fsp3) is 0.130. The van der Waals surface area contributed by atoms with E-state index in [2.05, 4.69) is 21.1 Å². The van der Waals surface area contributed by atoms with Crippen molar-refractivity contribution in [2.75, 3.05) is 15.6 Å². The van der Waals surface area contributed by atoms with Crippen LogP contribution in [-0.4, -0.2) is 27.0 Å². The number of nitrogens with one attached hydrogen (secondary N) is 2. The molecular formula is C23H22N6O2. The Kier molecular flexibility index (Phi) is 5.89. The van der Waals surface area contributed by atoms with Gasteiger partial charge in [-0.15, -0.1) is 9.89 Å². The molecule has 0 atom stereocenters. The molecule has 3 aromatic carbocycles. The van der Waals surface area contributed by atoms with Gasteiger partial charge in [-0.2, -0.15) is 0 Å². The van der Waals surface area contributed by atoms with Gasteiger partial charge in [-0.25, -0.2) is 10.2 Å². The highest BCUT2D eigenvalue weighted by Gasteiger charge is 2.18. The summed E-state index contributed by atoms with van der Waals surface area (Å²) in [6.45, 7) is 2.16. The van der Waals surface area contributed by atoms with Gasteiger partial charge in [0.05, 0.1) is 6.54 Å². The number of aromatic nitrogens is 3. The molecule has 1 heterocycles. The lowest BCUT2D eigenvalue weighted by molar-refractivity contribution is -0.115. The van der Waals surface area contributed by atoms with Gasteiger partial charge in [-0.3, -0.25) is 9.69 Å². The van der Waals surface area contributed by atoms with Gasteiger partial charge in [0, 0.05) is 17.8 Å². The molecule has 1 aromatic heterocycles. The number of hydrogen-bond acceptors (Lipinski definition) is 4. The number of carbonyl (C=O) groups is 2. The van der Waals surface area contributed by atoms with Crippen molar-refractivity contribution >= 4 is 34.3 Å². The maximum Gasteiger partial charge on any atom is 0.342 e. The Hall–Kier alpha value is -4.20. The van der Waals surface area contributed by atoms with E-state index in [4.69, 9.17) is 0 Å². The van der Waals surface area contributed by atoms with Crippen molar-refractivity contribution in [3.8, 4) is 0 Å². The molecule has 0 aliphatic heterocycles.